The van der Waals surface area contributed by atoms with Gasteiger partial charge < -0.3 is 14.8 Å². The molecule has 1 aromatic carbocycles. The van der Waals surface area contributed by atoms with Crippen molar-refractivity contribution >= 4 is 5.97 Å². The largest absolute Gasteiger partial charge is 0.475 e. The predicted molar refractivity (Wildman–Crippen MR) is 70.0 cm³/mol. The molecule has 2 N–H and O–H groups in total. The SMILES string of the molecule is O=C(O)c1occc1CNC1CCc2ccccc21. The Morgan fingerprint density at radius 3 is 3.05 bits per heavy atom. The first-order chi connectivity index (χ1) is 9.25. The summed E-state index contributed by atoms with van der Waals surface area (Å²) in [6.45, 7) is 0.511. The molecule has 0 saturated heterocycles. The Labute approximate surface area is 111 Å². The molecule has 0 fully saturated rings. The van der Waals surface area contributed by atoms with E-state index >= 15 is 0 Å². The summed E-state index contributed by atoms with van der Waals surface area (Å²) < 4.78 is 4.97. The molecule has 1 aromatic heterocycles. The minimum atomic E-state index is -1.02. The van der Waals surface area contributed by atoms with Gasteiger partial charge in [0.15, 0.2) is 0 Å². The molecule has 1 unspecified atom stereocenters. The van der Waals surface area contributed by atoms with Gasteiger partial charge in [0.1, 0.15) is 0 Å². The van der Waals surface area contributed by atoms with E-state index in [2.05, 4.69) is 23.5 Å². The van der Waals surface area contributed by atoms with E-state index in [9.17, 15) is 4.79 Å². The third-order valence-corrected chi connectivity index (χ3v) is 3.61. The van der Waals surface area contributed by atoms with Crippen LogP contribution in [0.5, 0.6) is 0 Å². The summed E-state index contributed by atoms with van der Waals surface area (Å²) in [5.41, 5.74) is 3.39. The van der Waals surface area contributed by atoms with E-state index in [1.807, 2.05) is 6.07 Å². The number of rotatable bonds is 4. The molecule has 2 aromatic rings. The van der Waals surface area contributed by atoms with E-state index in [0.29, 0.717) is 18.2 Å². The first-order valence-electron chi connectivity index (χ1n) is 6.36. The summed E-state index contributed by atoms with van der Waals surface area (Å²) in [6, 6.07) is 10.4. The smallest absolute Gasteiger partial charge is 0.372 e. The van der Waals surface area contributed by atoms with Crippen molar-refractivity contribution in [3.63, 3.8) is 0 Å². The minimum absolute atomic E-state index is 0.0267. The van der Waals surface area contributed by atoms with E-state index in [4.69, 9.17) is 9.52 Å². The molecular weight excluding hydrogens is 242 g/mol. The van der Waals surface area contributed by atoms with E-state index in [-0.39, 0.29) is 5.76 Å². The molecule has 1 aliphatic rings. The number of fused-ring (bicyclic) bond motifs is 1. The highest BCUT2D eigenvalue weighted by Gasteiger charge is 2.22. The van der Waals surface area contributed by atoms with Crippen LogP contribution in [0.25, 0.3) is 0 Å². The molecule has 1 aliphatic carbocycles. The fourth-order valence-corrected chi connectivity index (χ4v) is 2.66. The molecule has 3 rings (SSSR count). The minimum Gasteiger partial charge on any atom is -0.475 e. The van der Waals surface area contributed by atoms with Crippen LogP contribution in [0.1, 0.15) is 39.7 Å². The monoisotopic (exact) mass is 257 g/mol. The third-order valence-electron chi connectivity index (χ3n) is 3.61. The van der Waals surface area contributed by atoms with Crippen molar-refractivity contribution in [3.8, 4) is 0 Å². The molecule has 0 amide bonds. The maximum Gasteiger partial charge on any atom is 0.372 e. The number of furan rings is 1. The maximum absolute atomic E-state index is 11.0. The Balaban J connectivity index is 1.71. The van der Waals surface area contributed by atoms with E-state index in [1.165, 1.54) is 17.4 Å². The summed E-state index contributed by atoms with van der Waals surface area (Å²) in [4.78, 5) is 11.0. The van der Waals surface area contributed by atoms with Gasteiger partial charge in [0.2, 0.25) is 5.76 Å². The number of hydrogen-bond acceptors (Lipinski definition) is 3. The van der Waals surface area contributed by atoms with Gasteiger partial charge in [-0.25, -0.2) is 4.79 Å². The van der Waals surface area contributed by atoms with Crippen molar-refractivity contribution in [2.75, 3.05) is 0 Å². The number of carbonyl (C=O) groups is 1. The third kappa shape index (κ3) is 2.27. The molecule has 0 aliphatic heterocycles. The lowest BCUT2D eigenvalue weighted by atomic mass is 10.1. The van der Waals surface area contributed by atoms with E-state index in [0.717, 1.165) is 12.8 Å². The van der Waals surface area contributed by atoms with E-state index in [1.54, 1.807) is 6.07 Å². The second-order valence-corrected chi connectivity index (χ2v) is 4.75. The highest BCUT2D eigenvalue weighted by atomic mass is 16.4. The Bertz CT molecular complexity index is 603. The van der Waals surface area contributed by atoms with Crippen molar-refractivity contribution in [2.24, 2.45) is 0 Å². The molecule has 1 heterocycles. The van der Waals surface area contributed by atoms with Gasteiger partial charge in [-0.1, -0.05) is 24.3 Å². The number of carboxylic acid groups (broad SMARTS) is 1. The first-order valence-corrected chi connectivity index (χ1v) is 6.36. The maximum atomic E-state index is 11.0. The topological polar surface area (TPSA) is 62.5 Å². The van der Waals surface area contributed by atoms with Gasteiger partial charge in [0, 0.05) is 18.2 Å². The number of hydrogen-bond donors (Lipinski definition) is 2. The molecule has 1 atom stereocenters. The van der Waals surface area contributed by atoms with Crippen LogP contribution in [0.2, 0.25) is 0 Å². The highest BCUT2D eigenvalue weighted by molar-refractivity contribution is 5.86. The Kier molecular flexibility index (Phi) is 3.09. The summed E-state index contributed by atoms with van der Waals surface area (Å²) in [7, 11) is 0. The van der Waals surface area contributed by atoms with Crippen molar-refractivity contribution in [1.29, 1.82) is 0 Å². The number of benzene rings is 1. The standard InChI is InChI=1S/C15H15NO3/c17-15(18)14-11(7-8-19-14)9-16-13-6-5-10-3-1-2-4-12(10)13/h1-4,7-8,13,16H,5-6,9H2,(H,17,18). The quantitative estimate of drug-likeness (QED) is 0.884. The highest BCUT2D eigenvalue weighted by Crippen LogP contribution is 2.31. The molecule has 19 heavy (non-hydrogen) atoms. The lowest BCUT2D eigenvalue weighted by Crippen LogP contribution is -2.19. The van der Waals surface area contributed by atoms with Crippen LogP contribution >= 0.6 is 0 Å². The van der Waals surface area contributed by atoms with Gasteiger partial charge >= 0.3 is 5.97 Å². The van der Waals surface area contributed by atoms with E-state index < -0.39 is 5.97 Å². The van der Waals surface area contributed by atoms with Crippen molar-refractivity contribution in [3.05, 3.63) is 59.0 Å². The van der Waals surface area contributed by atoms with Gasteiger partial charge in [0.25, 0.3) is 0 Å². The van der Waals surface area contributed by atoms with Crippen LogP contribution in [0.3, 0.4) is 0 Å². The van der Waals surface area contributed by atoms with Crippen molar-refractivity contribution in [2.45, 2.75) is 25.4 Å². The first kappa shape index (κ1) is 12.0. The number of aromatic carboxylic acids is 1. The normalized spacial score (nSPS) is 17.4. The zero-order valence-electron chi connectivity index (χ0n) is 10.4. The Hall–Kier alpha value is -2.07. The summed E-state index contributed by atoms with van der Waals surface area (Å²) >= 11 is 0. The van der Waals surface area contributed by atoms with Gasteiger partial charge in [-0.15, -0.1) is 0 Å². The number of carboxylic acids is 1. The molecule has 0 radical (unpaired) electrons. The Morgan fingerprint density at radius 2 is 2.21 bits per heavy atom. The molecule has 0 bridgehead atoms. The van der Waals surface area contributed by atoms with Gasteiger partial charge in [-0.3, -0.25) is 0 Å². The summed E-state index contributed by atoms with van der Waals surface area (Å²) in [6.07, 6.45) is 3.55. The second kappa shape index (κ2) is 4.90. The van der Waals surface area contributed by atoms with Crippen LogP contribution < -0.4 is 5.32 Å². The van der Waals surface area contributed by atoms with Gasteiger partial charge in [-0.2, -0.15) is 0 Å². The number of aryl methyl sites for hydroxylation is 1. The lowest BCUT2D eigenvalue weighted by Gasteiger charge is -2.13. The number of nitrogens with one attached hydrogen (secondary N) is 1. The molecule has 0 spiro atoms. The Morgan fingerprint density at radius 1 is 1.37 bits per heavy atom. The van der Waals surface area contributed by atoms with Crippen LogP contribution in [0, 0.1) is 0 Å². The van der Waals surface area contributed by atoms with Gasteiger partial charge in [0.05, 0.1) is 6.26 Å². The zero-order chi connectivity index (χ0) is 13.2. The summed E-state index contributed by atoms with van der Waals surface area (Å²) in [5.74, 6) is -0.993. The van der Waals surface area contributed by atoms with Gasteiger partial charge in [-0.05, 0) is 30.0 Å². The zero-order valence-corrected chi connectivity index (χ0v) is 10.4. The van der Waals surface area contributed by atoms with Crippen LogP contribution in [-0.4, -0.2) is 11.1 Å². The molecule has 4 heteroatoms. The van der Waals surface area contributed by atoms with Crippen molar-refractivity contribution in [1.82, 2.24) is 5.32 Å². The second-order valence-electron chi connectivity index (χ2n) is 4.75. The van der Waals surface area contributed by atoms with Crippen LogP contribution in [-0.2, 0) is 13.0 Å². The molecular formula is C15H15NO3. The summed E-state index contributed by atoms with van der Waals surface area (Å²) in [5, 5.41) is 12.4. The predicted octanol–water partition coefficient (Wildman–Crippen LogP) is 2.75. The fraction of sp³-hybridized carbons (Fsp3) is 0.267. The fourth-order valence-electron chi connectivity index (χ4n) is 2.66. The molecule has 98 valence electrons. The lowest BCUT2D eigenvalue weighted by molar-refractivity contribution is 0.0660. The molecule has 0 saturated carbocycles. The average molecular weight is 257 g/mol. The van der Waals surface area contributed by atoms with Crippen LogP contribution in [0.4, 0.5) is 0 Å². The van der Waals surface area contributed by atoms with Crippen molar-refractivity contribution < 1.29 is 14.3 Å². The van der Waals surface area contributed by atoms with Crippen LogP contribution in [0.15, 0.2) is 41.0 Å². The average Bonchev–Trinajstić information content (AvgIpc) is 3.03. The molecule has 4 nitrogen and oxygen atoms in total.